The number of fused-ring (bicyclic) bond motifs is 1. The van der Waals surface area contributed by atoms with Gasteiger partial charge in [0, 0.05) is 17.7 Å². The molecule has 1 aromatic carbocycles. The van der Waals surface area contributed by atoms with Crippen molar-refractivity contribution in [1.29, 1.82) is 0 Å². The Morgan fingerprint density at radius 1 is 1.35 bits per heavy atom. The van der Waals surface area contributed by atoms with Gasteiger partial charge >= 0.3 is 0 Å². The average molecular weight is 334 g/mol. The highest BCUT2D eigenvalue weighted by Crippen LogP contribution is 2.49. The van der Waals surface area contributed by atoms with Crippen molar-refractivity contribution in [3.05, 3.63) is 35.6 Å². The second-order valence-corrected chi connectivity index (χ2v) is 8.32. The average Bonchev–Trinajstić information content (AvgIpc) is 3.11. The molecule has 6 heteroatoms. The van der Waals surface area contributed by atoms with E-state index < -0.39 is 11.6 Å². The van der Waals surface area contributed by atoms with Crippen LogP contribution in [0.25, 0.3) is 0 Å². The quantitative estimate of drug-likeness (QED) is 0.923. The predicted molar refractivity (Wildman–Crippen MR) is 86.2 cm³/mol. The topological polar surface area (TPSA) is 49.4 Å². The molecular weight excluding hydrogens is 315 g/mol. The first-order chi connectivity index (χ1) is 11.0. The molecule has 4 nitrogen and oxygen atoms in total. The maximum absolute atomic E-state index is 14.1. The number of carbonyl (C=O) groups is 2. The Labute approximate surface area is 138 Å². The lowest BCUT2D eigenvalue weighted by Crippen LogP contribution is -2.52. The molecule has 1 aliphatic carbocycles. The third kappa shape index (κ3) is 2.26. The van der Waals surface area contributed by atoms with Crippen LogP contribution in [0.4, 0.5) is 4.39 Å². The Kier molecular flexibility index (Phi) is 3.24. The summed E-state index contributed by atoms with van der Waals surface area (Å²) >= 11 is 1.67. The minimum absolute atomic E-state index is 0.0494. The van der Waals surface area contributed by atoms with Gasteiger partial charge in [-0.05, 0) is 32.3 Å². The van der Waals surface area contributed by atoms with E-state index in [4.69, 9.17) is 0 Å². The van der Waals surface area contributed by atoms with Gasteiger partial charge in [0.05, 0.1) is 10.4 Å². The van der Waals surface area contributed by atoms with Crippen LogP contribution in [0.2, 0.25) is 0 Å². The third-order valence-electron chi connectivity index (χ3n) is 5.25. The van der Waals surface area contributed by atoms with Crippen molar-refractivity contribution in [3.8, 4) is 0 Å². The number of rotatable bonds is 3. The van der Waals surface area contributed by atoms with Crippen LogP contribution in [0.5, 0.6) is 0 Å². The van der Waals surface area contributed by atoms with E-state index in [0.29, 0.717) is 17.7 Å². The monoisotopic (exact) mass is 334 g/mol. The maximum Gasteiger partial charge on any atom is 0.244 e. The highest BCUT2D eigenvalue weighted by atomic mass is 32.2. The molecule has 4 rings (SSSR count). The molecule has 122 valence electrons. The Balaban J connectivity index is 1.55. The molecule has 0 spiro atoms. The predicted octanol–water partition coefficient (Wildman–Crippen LogP) is 2.38. The van der Waals surface area contributed by atoms with E-state index in [-0.39, 0.29) is 22.5 Å². The molecule has 2 aliphatic heterocycles. The molecule has 3 fully saturated rings. The van der Waals surface area contributed by atoms with Gasteiger partial charge in [-0.15, -0.1) is 11.8 Å². The van der Waals surface area contributed by atoms with Crippen LogP contribution in [0.3, 0.4) is 0 Å². The smallest absolute Gasteiger partial charge is 0.244 e. The summed E-state index contributed by atoms with van der Waals surface area (Å²) in [5, 5.41) is 3.03. The molecule has 0 bridgehead atoms. The van der Waals surface area contributed by atoms with Gasteiger partial charge in [-0.1, -0.05) is 18.2 Å². The van der Waals surface area contributed by atoms with Crippen LogP contribution in [0, 0.1) is 5.82 Å². The zero-order valence-corrected chi connectivity index (χ0v) is 13.8. The maximum atomic E-state index is 14.1. The standard InChI is InChI=1S/C17H19FN2O2S/c1-16-7-6-14(21)20(16)13(10-23-16)15(22)19-17(8-9-17)11-4-2-3-5-12(11)18/h2-5,13H,6-10H2,1H3,(H,19,22)/t13-,16+/m0/s1. The highest BCUT2D eigenvalue weighted by molar-refractivity contribution is 8.01. The first-order valence-corrected chi connectivity index (χ1v) is 8.97. The van der Waals surface area contributed by atoms with E-state index in [1.165, 1.54) is 6.07 Å². The fourth-order valence-corrected chi connectivity index (χ4v) is 5.20. The summed E-state index contributed by atoms with van der Waals surface area (Å²) in [5.74, 6) is 0.223. The van der Waals surface area contributed by atoms with Crippen molar-refractivity contribution < 1.29 is 14.0 Å². The van der Waals surface area contributed by atoms with Gasteiger partial charge in [0.15, 0.2) is 0 Å². The fraction of sp³-hybridized carbons (Fsp3) is 0.529. The fourth-order valence-electron chi connectivity index (χ4n) is 3.77. The number of benzene rings is 1. The van der Waals surface area contributed by atoms with Crippen LogP contribution in [0.1, 0.15) is 38.2 Å². The summed E-state index contributed by atoms with van der Waals surface area (Å²) in [6, 6.07) is 6.16. The Morgan fingerprint density at radius 3 is 2.78 bits per heavy atom. The largest absolute Gasteiger partial charge is 0.345 e. The zero-order valence-electron chi connectivity index (χ0n) is 13.0. The number of amides is 2. The van der Waals surface area contributed by atoms with Crippen molar-refractivity contribution in [2.24, 2.45) is 0 Å². The molecule has 2 atom stereocenters. The summed E-state index contributed by atoms with van der Waals surface area (Å²) < 4.78 is 14.1. The van der Waals surface area contributed by atoms with E-state index in [0.717, 1.165) is 19.3 Å². The molecule has 2 amide bonds. The van der Waals surface area contributed by atoms with Gasteiger partial charge < -0.3 is 10.2 Å². The molecule has 0 unspecified atom stereocenters. The molecule has 1 saturated carbocycles. The van der Waals surface area contributed by atoms with Gasteiger partial charge in [0.1, 0.15) is 11.9 Å². The molecule has 2 saturated heterocycles. The van der Waals surface area contributed by atoms with Crippen LogP contribution in [-0.4, -0.2) is 33.4 Å². The van der Waals surface area contributed by atoms with Crippen molar-refractivity contribution in [2.45, 2.75) is 49.1 Å². The minimum Gasteiger partial charge on any atom is -0.345 e. The Morgan fingerprint density at radius 2 is 2.09 bits per heavy atom. The van der Waals surface area contributed by atoms with Crippen LogP contribution >= 0.6 is 11.8 Å². The number of hydrogen-bond donors (Lipinski definition) is 1. The van der Waals surface area contributed by atoms with Crippen molar-refractivity contribution in [3.63, 3.8) is 0 Å². The Hall–Kier alpha value is -1.56. The van der Waals surface area contributed by atoms with Gasteiger partial charge in [0.2, 0.25) is 11.8 Å². The normalized spacial score (nSPS) is 31.1. The minimum atomic E-state index is -0.588. The summed E-state index contributed by atoms with van der Waals surface area (Å²) in [6.07, 6.45) is 2.78. The van der Waals surface area contributed by atoms with Crippen LogP contribution in [0.15, 0.2) is 24.3 Å². The molecule has 1 aromatic rings. The molecule has 3 aliphatic rings. The third-order valence-corrected chi connectivity index (χ3v) is 6.75. The van der Waals surface area contributed by atoms with Crippen LogP contribution < -0.4 is 5.32 Å². The number of thioether (sulfide) groups is 1. The molecule has 0 aromatic heterocycles. The van der Waals surface area contributed by atoms with E-state index >= 15 is 0 Å². The lowest BCUT2D eigenvalue weighted by Gasteiger charge is -2.31. The van der Waals surface area contributed by atoms with Crippen molar-refractivity contribution in [2.75, 3.05) is 5.75 Å². The molecule has 0 radical (unpaired) electrons. The van der Waals surface area contributed by atoms with Gasteiger partial charge in [-0.3, -0.25) is 9.59 Å². The Bertz CT molecular complexity index is 691. The van der Waals surface area contributed by atoms with E-state index in [9.17, 15) is 14.0 Å². The number of nitrogens with one attached hydrogen (secondary N) is 1. The second-order valence-electron chi connectivity index (χ2n) is 6.82. The summed E-state index contributed by atoms with van der Waals surface area (Å²) in [6.45, 7) is 2.03. The lowest BCUT2D eigenvalue weighted by atomic mass is 10.0. The van der Waals surface area contributed by atoms with E-state index in [1.54, 1.807) is 34.9 Å². The number of carbonyl (C=O) groups excluding carboxylic acids is 2. The molecular formula is C17H19FN2O2S. The van der Waals surface area contributed by atoms with Crippen molar-refractivity contribution in [1.82, 2.24) is 10.2 Å². The first-order valence-electron chi connectivity index (χ1n) is 7.98. The first kappa shape index (κ1) is 15.0. The summed E-state index contributed by atoms with van der Waals surface area (Å²) in [7, 11) is 0. The van der Waals surface area contributed by atoms with Crippen molar-refractivity contribution >= 4 is 23.6 Å². The van der Waals surface area contributed by atoms with Crippen LogP contribution in [-0.2, 0) is 15.1 Å². The SMILES string of the molecule is C[C@@]12CCC(=O)N1[C@H](C(=O)NC1(c3ccccc3F)CC1)CS2. The second kappa shape index (κ2) is 4.97. The number of hydrogen-bond acceptors (Lipinski definition) is 3. The van der Waals surface area contributed by atoms with Gasteiger partial charge in [-0.25, -0.2) is 4.39 Å². The van der Waals surface area contributed by atoms with E-state index in [2.05, 4.69) is 5.32 Å². The number of halogens is 1. The molecule has 1 N–H and O–H groups in total. The van der Waals surface area contributed by atoms with Gasteiger partial charge in [0.25, 0.3) is 0 Å². The molecule has 2 heterocycles. The highest BCUT2D eigenvalue weighted by Gasteiger charge is 2.55. The van der Waals surface area contributed by atoms with Gasteiger partial charge in [-0.2, -0.15) is 0 Å². The zero-order chi connectivity index (χ0) is 16.2. The lowest BCUT2D eigenvalue weighted by molar-refractivity contribution is -0.138. The summed E-state index contributed by atoms with van der Waals surface area (Å²) in [4.78, 5) is 26.4. The van der Waals surface area contributed by atoms with E-state index in [1.807, 2.05) is 6.92 Å². The molecule has 23 heavy (non-hydrogen) atoms. The summed E-state index contributed by atoms with van der Waals surface area (Å²) in [5.41, 5.74) is -0.0380. The number of nitrogens with zero attached hydrogens (tertiary/aromatic N) is 1.